The second-order valence-electron chi connectivity index (χ2n) is 9.52. The Balaban J connectivity index is -0.000000537. The minimum Gasteiger partial charge on any atom is -0.478 e. The van der Waals surface area contributed by atoms with Crippen molar-refractivity contribution in [1.29, 1.82) is 0 Å². The molecule has 0 spiro atoms. The lowest BCUT2D eigenvalue weighted by Crippen LogP contribution is -2.54. The highest BCUT2D eigenvalue weighted by molar-refractivity contribution is 7.10. The zero-order valence-corrected chi connectivity index (χ0v) is 26.1. The van der Waals surface area contributed by atoms with Crippen LogP contribution in [0.15, 0.2) is 29.2 Å². The number of aliphatic carboxylic acids is 1. The van der Waals surface area contributed by atoms with Crippen LogP contribution >= 0.6 is 11.3 Å². The molecule has 0 fully saturated rings. The third kappa shape index (κ3) is 18.3. The summed E-state index contributed by atoms with van der Waals surface area (Å²) in [5.41, 5.74) is 3.87. The van der Waals surface area contributed by atoms with E-state index in [1.165, 1.54) is 31.4 Å². The van der Waals surface area contributed by atoms with Crippen molar-refractivity contribution >= 4 is 29.1 Å². The summed E-state index contributed by atoms with van der Waals surface area (Å²) in [6, 6.07) is 3.26. The zero-order chi connectivity index (χ0) is 30.4. The van der Waals surface area contributed by atoms with Gasteiger partial charge in [0.05, 0.1) is 0 Å². The summed E-state index contributed by atoms with van der Waals surface area (Å²) < 4.78 is 0. The zero-order valence-electron chi connectivity index (χ0n) is 25.3. The summed E-state index contributed by atoms with van der Waals surface area (Å²) in [6.45, 7) is 19.6. The van der Waals surface area contributed by atoms with Crippen LogP contribution in [0.5, 0.6) is 0 Å². The lowest BCUT2D eigenvalue weighted by molar-refractivity contribution is -0.138. The quantitative estimate of drug-likeness (QED) is 0.290. The number of carbonyl (C=O) groups excluding carboxylic acids is 2. The van der Waals surface area contributed by atoms with E-state index in [9.17, 15) is 14.4 Å². The summed E-state index contributed by atoms with van der Waals surface area (Å²) in [4.78, 5) is 39.1. The smallest absolute Gasteiger partial charge is 0.331 e. The van der Waals surface area contributed by atoms with Gasteiger partial charge in [-0.2, -0.15) is 0 Å². The van der Waals surface area contributed by atoms with Crippen LogP contribution < -0.4 is 11.1 Å². The molecule has 214 valence electrons. The lowest BCUT2D eigenvalue weighted by Gasteiger charge is -2.34. The van der Waals surface area contributed by atoms with Crippen LogP contribution in [-0.4, -0.2) is 54.5 Å². The monoisotopic (exact) mass is 539 g/mol. The van der Waals surface area contributed by atoms with E-state index in [4.69, 9.17) is 5.11 Å². The second kappa shape index (κ2) is 22.6. The van der Waals surface area contributed by atoms with Crippen molar-refractivity contribution in [2.75, 3.05) is 20.6 Å². The molecule has 4 N–H and O–H groups in total. The first kappa shape index (κ1) is 41.5. The van der Waals surface area contributed by atoms with Gasteiger partial charge in [-0.25, -0.2) is 4.79 Å². The number of terminal acetylenes is 1. The molecule has 0 aliphatic heterocycles. The second-order valence-corrected chi connectivity index (χ2v) is 10.5. The number of nitrogens with two attached hydrogens (primary N) is 1. The summed E-state index contributed by atoms with van der Waals surface area (Å²) in [5, 5.41) is 13.8. The first-order valence-corrected chi connectivity index (χ1v) is 13.4. The number of hydrogen-bond donors (Lipinski definition) is 3. The Kier molecular flexibility index (Phi) is 25.3. The largest absolute Gasteiger partial charge is 0.478 e. The molecule has 0 saturated heterocycles. The number of carboxylic acids is 1. The highest BCUT2D eigenvalue weighted by Gasteiger charge is 2.36. The Morgan fingerprint density at radius 3 is 1.95 bits per heavy atom. The molecule has 0 aliphatic carbocycles. The maximum Gasteiger partial charge on any atom is 0.331 e. The Morgan fingerprint density at radius 2 is 1.59 bits per heavy atom. The maximum absolute atomic E-state index is 12.9. The summed E-state index contributed by atoms with van der Waals surface area (Å²) in [7, 11) is 3.11. The Bertz CT molecular complexity index is 792. The predicted octanol–water partition coefficient (Wildman–Crippen LogP) is 5.70. The number of carbonyl (C=O) groups is 3. The molecule has 1 atom stereocenters. The summed E-state index contributed by atoms with van der Waals surface area (Å²) in [5.74, 6) is -1.45. The van der Waals surface area contributed by atoms with E-state index in [1.807, 2.05) is 66.0 Å². The molecule has 2 amide bonds. The van der Waals surface area contributed by atoms with Crippen LogP contribution in [-0.2, 0) is 19.8 Å². The van der Waals surface area contributed by atoms with Gasteiger partial charge in [0.25, 0.3) is 0 Å². The van der Waals surface area contributed by atoms with Gasteiger partial charge in [0.2, 0.25) is 11.8 Å². The number of likely N-dealkylation sites (N-methyl/N-ethyl adjacent to an activating group) is 1. The van der Waals surface area contributed by atoms with Crippen molar-refractivity contribution < 1.29 is 19.5 Å². The summed E-state index contributed by atoms with van der Waals surface area (Å²) in [6.07, 6.45) is 11.0. The maximum atomic E-state index is 12.9. The molecule has 0 aromatic carbocycles. The van der Waals surface area contributed by atoms with Crippen LogP contribution in [0.25, 0.3) is 0 Å². The van der Waals surface area contributed by atoms with E-state index in [2.05, 4.69) is 37.7 Å². The van der Waals surface area contributed by atoms with Gasteiger partial charge in [0.15, 0.2) is 0 Å². The molecule has 37 heavy (non-hydrogen) atoms. The molecular weight excluding hydrogens is 486 g/mol. The molecule has 0 bridgehead atoms. The SMILES string of the molecule is C#C.C/C(=C\CN(C)C(=O)[C@@H](NC(=O)CC(C)(C)c1cccs1)C(C)(C)C)C(=O)O.CC.CCC.CN. The fourth-order valence-corrected chi connectivity index (χ4v) is 3.54. The van der Waals surface area contributed by atoms with E-state index in [-0.39, 0.29) is 35.8 Å². The van der Waals surface area contributed by atoms with Gasteiger partial charge in [-0.05, 0) is 30.8 Å². The van der Waals surface area contributed by atoms with Crippen LogP contribution in [0.3, 0.4) is 0 Å². The fourth-order valence-electron chi connectivity index (χ4n) is 2.68. The Labute approximate surface area is 230 Å². The van der Waals surface area contributed by atoms with E-state index >= 15 is 0 Å². The normalized spacial score (nSPS) is 11.3. The minimum absolute atomic E-state index is 0.167. The van der Waals surface area contributed by atoms with Gasteiger partial charge >= 0.3 is 5.97 Å². The van der Waals surface area contributed by atoms with E-state index in [1.54, 1.807) is 18.4 Å². The fraction of sp³-hybridized carbons (Fsp3) is 0.621. The molecule has 8 heteroatoms. The van der Waals surface area contributed by atoms with Crippen LogP contribution in [0.1, 0.15) is 87.0 Å². The topological polar surface area (TPSA) is 113 Å². The number of nitrogens with zero attached hydrogens (tertiary/aromatic N) is 1. The summed E-state index contributed by atoms with van der Waals surface area (Å²) >= 11 is 1.61. The minimum atomic E-state index is -1.02. The molecule has 0 radical (unpaired) electrons. The van der Waals surface area contributed by atoms with E-state index < -0.39 is 17.4 Å². The van der Waals surface area contributed by atoms with Gasteiger partial charge in [-0.1, -0.05) is 80.9 Å². The van der Waals surface area contributed by atoms with Gasteiger partial charge in [-0.15, -0.1) is 24.2 Å². The number of rotatable bonds is 8. The van der Waals surface area contributed by atoms with Crippen molar-refractivity contribution in [3.63, 3.8) is 0 Å². The van der Waals surface area contributed by atoms with Crippen LogP contribution in [0, 0.1) is 18.3 Å². The average molecular weight is 540 g/mol. The van der Waals surface area contributed by atoms with E-state index in [0.29, 0.717) is 0 Å². The predicted molar refractivity (Wildman–Crippen MR) is 160 cm³/mol. The van der Waals surface area contributed by atoms with Crippen molar-refractivity contribution in [2.24, 2.45) is 11.1 Å². The number of amides is 2. The molecule has 1 heterocycles. The molecule has 0 unspecified atom stereocenters. The highest BCUT2D eigenvalue weighted by atomic mass is 32.1. The van der Waals surface area contributed by atoms with Crippen molar-refractivity contribution in [1.82, 2.24) is 10.2 Å². The molecule has 1 rings (SSSR count). The number of thiophene rings is 1. The lowest BCUT2D eigenvalue weighted by atomic mass is 9.84. The van der Waals surface area contributed by atoms with Gasteiger partial charge in [0, 0.05) is 35.9 Å². The van der Waals surface area contributed by atoms with Gasteiger partial charge in [-0.3, -0.25) is 9.59 Å². The number of hydrogen-bond acceptors (Lipinski definition) is 5. The number of carboxylic acid groups (broad SMARTS) is 1. The molecule has 0 saturated carbocycles. The van der Waals surface area contributed by atoms with Crippen LogP contribution in [0.2, 0.25) is 0 Å². The Hall–Kier alpha value is -2.63. The molecule has 0 aliphatic rings. The van der Waals surface area contributed by atoms with Gasteiger partial charge < -0.3 is 21.1 Å². The third-order valence-corrected chi connectivity index (χ3v) is 5.83. The van der Waals surface area contributed by atoms with Crippen molar-refractivity contribution in [3.05, 3.63) is 34.0 Å². The first-order chi connectivity index (χ1) is 17.2. The first-order valence-electron chi connectivity index (χ1n) is 12.6. The number of nitrogens with one attached hydrogen (secondary N) is 1. The van der Waals surface area contributed by atoms with Crippen molar-refractivity contribution in [3.8, 4) is 12.8 Å². The average Bonchev–Trinajstić information content (AvgIpc) is 3.40. The van der Waals surface area contributed by atoms with Crippen LogP contribution in [0.4, 0.5) is 0 Å². The molecular formula is C29H53N3O4S. The molecule has 7 nitrogen and oxygen atoms in total. The Morgan fingerprint density at radius 1 is 1.14 bits per heavy atom. The standard InChI is InChI=1S/C21H32N2O4S.C3H8.C2H6.C2H2.CH5N/c1-14(19(26)27)10-11-23(7)18(25)17(20(2,3)4)22-16(24)13-21(5,6)15-9-8-12-28-15;1-3-2;3*1-2/h8-10,12,17H,11,13H2,1-7H3,(H,22,24)(H,26,27);3H2,1-2H3;1-2H3;1-2H;2H2,1H3/b14-10+;;;;/t17-;;;;/m1..../s1. The molecule has 1 aromatic rings. The third-order valence-electron chi connectivity index (χ3n) is 4.59. The molecule has 1 aromatic heterocycles. The van der Waals surface area contributed by atoms with Gasteiger partial charge in [0.1, 0.15) is 6.04 Å². The highest BCUT2D eigenvalue weighted by Crippen LogP contribution is 2.31. The van der Waals surface area contributed by atoms with E-state index in [0.717, 1.165) is 4.88 Å². The van der Waals surface area contributed by atoms with Crippen molar-refractivity contribution in [2.45, 2.75) is 93.5 Å².